The molecule has 3 N–H and O–H groups in total. The smallest absolute Gasteiger partial charge is 0.790 e. The zero-order valence-electron chi connectivity index (χ0n) is 49.7. The van der Waals surface area contributed by atoms with Gasteiger partial charge in [-0.1, -0.05) is 99.4 Å². The Morgan fingerprint density at radius 2 is 1.12 bits per heavy atom. The molecule has 8 unspecified atom stereocenters. The van der Waals surface area contributed by atoms with Crippen molar-refractivity contribution in [1.29, 1.82) is 0 Å². The van der Waals surface area contributed by atoms with E-state index in [0.29, 0.717) is 39.9 Å². The van der Waals surface area contributed by atoms with Crippen molar-refractivity contribution in [3.8, 4) is 12.3 Å². The Morgan fingerprint density at radius 3 is 1.62 bits per heavy atom. The largest absolute Gasteiger partial charge is 1.00 e. The fraction of sp³-hybridized carbons (Fsp3) is 0.710. The van der Waals surface area contributed by atoms with E-state index in [9.17, 15) is 29.1 Å². The number of rotatable bonds is 13. The second-order valence-corrected chi connectivity index (χ2v) is 29.6. The van der Waals surface area contributed by atoms with E-state index in [0.717, 1.165) is 91.4 Å². The fourth-order valence-corrected chi connectivity index (χ4v) is 19.5. The third-order valence-corrected chi connectivity index (χ3v) is 24.1. The first kappa shape index (κ1) is 69.0. The Kier molecular flexibility index (Phi) is 23.8. The molecule has 2 aromatic carbocycles. The van der Waals surface area contributed by atoms with Crippen LogP contribution in [-0.4, -0.2) is 53.0 Å². The van der Waals surface area contributed by atoms with Gasteiger partial charge < -0.3 is 38.8 Å². The van der Waals surface area contributed by atoms with E-state index in [-0.39, 0.29) is 104 Å². The van der Waals surface area contributed by atoms with E-state index in [1.54, 1.807) is 6.07 Å². The molecule has 0 spiro atoms. The number of hydrogen-bond donors (Lipinski definition) is 3. The van der Waals surface area contributed by atoms with Gasteiger partial charge in [0.2, 0.25) is 0 Å². The quantitative estimate of drug-likeness (QED) is 0.0414. The van der Waals surface area contributed by atoms with Crippen molar-refractivity contribution >= 4 is 30.3 Å². The van der Waals surface area contributed by atoms with Crippen LogP contribution in [0, 0.1) is 87.3 Å². The molecule has 19 heteroatoms. The molecule has 11 rings (SSSR count). The Morgan fingerprint density at radius 1 is 0.642 bits per heavy atom. The van der Waals surface area contributed by atoms with E-state index < -0.39 is 33.5 Å². The van der Waals surface area contributed by atoms with Gasteiger partial charge in [0.15, 0.2) is 5.76 Å². The van der Waals surface area contributed by atoms with Crippen LogP contribution in [0.25, 0.3) is 0 Å². The molecule has 14 nitrogen and oxygen atoms in total. The second-order valence-electron chi connectivity index (χ2n) is 26.8. The van der Waals surface area contributed by atoms with Crippen LogP contribution in [-0.2, 0) is 47.0 Å². The van der Waals surface area contributed by atoms with Crippen molar-refractivity contribution in [3.63, 3.8) is 0 Å². The predicted octanol–water partition coefficient (Wildman–Crippen LogP) is 6.56. The summed E-state index contributed by atoms with van der Waals surface area (Å²) in [5, 5.41) is 38.0. The maximum atomic E-state index is 12.6. The molecule has 0 aliphatic heterocycles. The molecule has 0 saturated heterocycles. The second kappa shape index (κ2) is 27.9. The molecule has 3 radical (unpaired) electrons. The first-order chi connectivity index (χ1) is 36.9. The summed E-state index contributed by atoms with van der Waals surface area (Å²) in [5.74, 6) is 9.26. The maximum Gasteiger partial charge on any atom is 1.00 e. The zero-order chi connectivity index (χ0) is 55.8. The number of fused-ring (bicyclic) bond motifs is 10. The molecule has 1 aromatic heterocycles. The third-order valence-electron chi connectivity index (χ3n) is 22.3. The van der Waals surface area contributed by atoms with Crippen LogP contribution in [0.3, 0.4) is 0 Å². The number of terminal acetylenes is 1. The van der Waals surface area contributed by atoms with Gasteiger partial charge in [-0.15, -0.1) is 11.6 Å². The molecule has 1 heterocycles. The Balaban J connectivity index is 0.000000196. The molecule has 3 aromatic rings. The molecule has 8 saturated carbocycles. The Labute approximate surface area is 529 Å². The van der Waals surface area contributed by atoms with Gasteiger partial charge in [-0.2, -0.15) is 0 Å². The van der Waals surface area contributed by atoms with Gasteiger partial charge in [0.1, 0.15) is 13.2 Å². The Bertz CT molecular complexity index is 2630. The molecule has 433 valence electrons. The number of aromatic nitrogens is 1. The van der Waals surface area contributed by atoms with Crippen LogP contribution >= 0.6 is 15.6 Å². The third kappa shape index (κ3) is 15.4. The summed E-state index contributed by atoms with van der Waals surface area (Å²) in [4.78, 5) is 21.6. The van der Waals surface area contributed by atoms with E-state index in [2.05, 4.69) is 48.5 Å². The number of phosphoric acid groups is 2. The molecule has 81 heavy (non-hydrogen) atoms. The predicted molar refractivity (Wildman–Crippen MR) is 301 cm³/mol. The molecule has 8 aliphatic rings. The van der Waals surface area contributed by atoms with Gasteiger partial charge >= 0.3 is 66.9 Å². The van der Waals surface area contributed by atoms with Crippen LogP contribution in [0.1, 0.15) is 186 Å². The number of aliphatic hydroxyl groups is 2. The summed E-state index contributed by atoms with van der Waals surface area (Å²) in [6.45, 7) is 13.7. The van der Waals surface area contributed by atoms with Gasteiger partial charge in [-0.25, -0.2) is 4.57 Å². The maximum absolute atomic E-state index is 12.6. The van der Waals surface area contributed by atoms with Crippen molar-refractivity contribution in [2.75, 3.05) is 6.61 Å². The number of hydrogen-bond acceptors (Lipinski definition) is 14. The van der Waals surface area contributed by atoms with Crippen LogP contribution in [0.2, 0.25) is 0 Å². The molecular formula is C62H88BN2Na2O12P2. The Hall–Kier alpha value is -1.12. The first-order valence-corrected chi connectivity index (χ1v) is 32.1. The monoisotopic (exact) mass is 1170 g/mol. The van der Waals surface area contributed by atoms with Crippen LogP contribution in [0.4, 0.5) is 0 Å². The van der Waals surface area contributed by atoms with Gasteiger partial charge in [0.05, 0.1) is 37.9 Å². The fourth-order valence-electron chi connectivity index (χ4n) is 18.1. The SMILES string of the molecule is C#CCOP(=O)(OCc1ccccc1)OCc1ccccc1.C[C@@]1(O)CC[C@@]2(C)C(CCC3C2CC[C@@]2(C)C3CC[C@@H]2/C=N/O)C1.C[C@@]1(O)CC[C@@]2(C)C(CCC3C2CC[C@@]2(C)C3CC[C@@H]2c2cc(COP(=O)([O-])[O-])on2)C1.[B].[Na+].[Na+]. The minimum atomic E-state index is -5.03. The normalized spacial score (nSPS) is 38.3. The van der Waals surface area contributed by atoms with E-state index in [1.165, 1.54) is 70.6 Å². The van der Waals surface area contributed by atoms with Crippen molar-refractivity contribution in [2.24, 2.45) is 80.1 Å². The van der Waals surface area contributed by atoms with E-state index in [4.69, 9.17) is 29.7 Å². The summed E-state index contributed by atoms with van der Waals surface area (Å²) in [6, 6.07) is 20.5. The van der Waals surface area contributed by atoms with Crippen molar-refractivity contribution in [1.82, 2.24) is 5.16 Å². The summed E-state index contributed by atoms with van der Waals surface area (Å²) in [6.07, 6.45) is 28.1. The standard InChI is InChI=1S/C24H38NO6P.C21H35NO2.C17H17O4P.B.2Na/c1-22(26)10-11-23(2)15(13-22)4-5-17-18-6-7-20(24(18,3)9-8-19(17)23)21-12-16(31-25-21)14-30-32(27,28)29;1-19(23)10-11-21(3)14(12-19)4-6-16-17-7-5-15(13-22-24)20(17,2)9-8-18(16)21;1-2-13-19-22(18,20-14-16-9-5-3-6-10-16)21-15-17-11-7-4-8-12-17;;;/h12,15,17-20,26H,4-11,13-14H2,1-3H3,(H2,27,28,29);13-18,23-24H,4-12H2,1-3H3;1,3-12H,13-15H2;;;/q;;;;2*+1/p-2/b;22-13+;;;;/t15?,17?,18?,19?,20-,22-,23+,24+;14?,15-,16?,17?,18?,19-,20-,21+;;;;/m11..../s1. The van der Waals surface area contributed by atoms with E-state index in [1.807, 2.05) is 80.7 Å². The topological polar surface area (TPSA) is 216 Å². The summed E-state index contributed by atoms with van der Waals surface area (Å²) < 4.78 is 48.8. The number of nitrogens with zero attached hydrogens (tertiary/aromatic N) is 2. The molecule has 8 aliphatic carbocycles. The van der Waals surface area contributed by atoms with E-state index >= 15 is 0 Å². The zero-order valence-corrected chi connectivity index (χ0v) is 55.5. The van der Waals surface area contributed by atoms with Gasteiger partial charge in [-0.3, -0.25) is 13.6 Å². The molecule has 0 amide bonds. The molecule has 0 bridgehead atoms. The minimum absolute atomic E-state index is 0. The average molecular weight is 1170 g/mol. The van der Waals surface area contributed by atoms with Crippen LogP contribution in [0.5, 0.6) is 0 Å². The molecular weight excluding hydrogens is 1080 g/mol. The number of phosphoric ester groups is 2. The summed E-state index contributed by atoms with van der Waals surface area (Å²) >= 11 is 0. The molecule has 8 fully saturated rings. The first-order valence-electron chi connectivity index (χ1n) is 29.2. The van der Waals surface area contributed by atoms with Crippen molar-refractivity contribution in [2.45, 2.75) is 194 Å². The van der Waals surface area contributed by atoms with Crippen molar-refractivity contribution in [3.05, 3.63) is 89.3 Å². The van der Waals surface area contributed by atoms with Crippen molar-refractivity contribution < 1.29 is 116 Å². The average Bonchev–Trinajstić information content (AvgIpc) is 3.98. The number of benzene rings is 2. The van der Waals surface area contributed by atoms with Gasteiger partial charge in [0.25, 0.3) is 0 Å². The van der Waals surface area contributed by atoms with Crippen LogP contribution in [0.15, 0.2) is 76.4 Å². The van der Waals surface area contributed by atoms with Crippen LogP contribution < -0.4 is 68.9 Å². The van der Waals surface area contributed by atoms with Gasteiger partial charge in [0, 0.05) is 32.5 Å². The summed E-state index contributed by atoms with van der Waals surface area (Å²) in [5.41, 5.74) is 2.96. The minimum Gasteiger partial charge on any atom is -0.790 e. The number of oxime groups is 1. The summed E-state index contributed by atoms with van der Waals surface area (Å²) in [7, 11) is -8.74. The molecule has 16 atom stereocenters. The van der Waals surface area contributed by atoms with Gasteiger partial charge in [-0.05, 0) is 210 Å².